The van der Waals surface area contributed by atoms with Crippen molar-refractivity contribution in [1.29, 1.82) is 0 Å². The van der Waals surface area contributed by atoms with Crippen molar-refractivity contribution in [3.63, 3.8) is 0 Å². The molecule has 6 nitrogen and oxygen atoms in total. The lowest BCUT2D eigenvalue weighted by molar-refractivity contribution is -0.145. The van der Waals surface area contributed by atoms with E-state index in [4.69, 9.17) is 4.74 Å². The summed E-state index contributed by atoms with van der Waals surface area (Å²) in [5.41, 5.74) is 1.11. The Kier molecular flexibility index (Phi) is 7.25. The van der Waals surface area contributed by atoms with E-state index >= 15 is 0 Å². The Hall–Kier alpha value is -2.08. The Morgan fingerprint density at radius 2 is 1.71 bits per heavy atom. The lowest BCUT2D eigenvalue weighted by atomic mass is 10.2. The van der Waals surface area contributed by atoms with Crippen LogP contribution in [0.25, 0.3) is 0 Å². The topological polar surface area (TPSA) is 65.1 Å². The van der Waals surface area contributed by atoms with Gasteiger partial charge in [0.15, 0.2) is 0 Å². The van der Waals surface area contributed by atoms with Crippen LogP contribution in [0.1, 0.15) is 5.56 Å². The Morgan fingerprint density at radius 3 is 2.24 bits per heavy atom. The molecule has 0 spiro atoms. The van der Waals surface area contributed by atoms with E-state index in [1.165, 1.54) is 14.2 Å². The molecule has 0 fully saturated rings. The van der Waals surface area contributed by atoms with Crippen molar-refractivity contribution in [1.82, 2.24) is 4.90 Å². The van der Waals surface area contributed by atoms with Gasteiger partial charge in [0.1, 0.15) is 12.4 Å². The molecule has 116 valence electrons. The molecule has 1 aromatic rings. The van der Waals surface area contributed by atoms with Gasteiger partial charge in [-0.25, -0.2) is 0 Å². The SMILES string of the molecule is COC(=O)CN(CCOc1cccc(C)c1)CC(=O)OC. The number of carbonyl (C=O) groups is 2. The summed E-state index contributed by atoms with van der Waals surface area (Å²) in [5, 5.41) is 0. The van der Waals surface area contributed by atoms with Crippen molar-refractivity contribution < 1.29 is 23.8 Å². The van der Waals surface area contributed by atoms with Crippen LogP contribution in [0.15, 0.2) is 24.3 Å². The van der Waals surface area contributed by atoms with Crippen LogP contribution >= 0.6 is 0 Å². The highest BCUT2D eigenvalue weighted by Crippen LogP contribution is 2.12. The largest absolute Gasteiger partial charge is 0.492 e. The quantitative estimate of drug-likeness (QED) is 0.667. The van der Waals surface area contributed by atoms with Crippen LogP contribution in [0.3, 0.4) is 0 Å². The minimum Gasteiger partial charge on any atom is -0.492 e. The Balaban J connectivity index is 2.47. The van der Waals surface area contributed by atoms with E-state index in [0.717, 1.165) is 11.3 Å². The van der Waals surface area contributed by atoms with Gasteiger partial charge in [-0.1, -0.05) is 12.1 Å². The molecular weight excluding hydrogens is 274 g/mol. The second kappa shape index (κ2) is 8.97. The number of benzene rings is 1. The highest BCUT2D eigenvalue weighted by Gasteiger charge is 2.15. The van der Waals surface area contributed by atoms with Gasteiger partial charge in [-0.3, -0.25) is 14.5 Å². The number of methoxy groups -OCH3 is 2. The second-order valence-electron chi connectivity index (χ2n) is 4.53. The van der Waals surface area contributed by atoms with Crippen LogP contribution in [-0.4, -0.2) is 57.3 Å². The summed E-state index contributed by atoms with van der Waals surface area (Å²) >= 11 is 0. The molecule has 6 heteroatoms. The molecule has 0 aliphatic carbocycles. The van der Waals surface area contributed by atoms with Gasteiger partial charge in [0.05, 0.1) is 27.3 Å². The van der Waals surface area contributed by atoms with Crippen LogP contribution in [-0.2, 0) is 19.1 Å². The minimum absolute atomic E-state index is 0.0166. The van der Waals surface area contributed by atoms with E-state index in [1.807, 2.05) is 31.2 Å². The number of ether oxygens (including phenoxy) is 3. The number of aryl methyl sites for hydroxylation is 1. The molecule has 1 aromatic carbocycles. The second-order valence-corrected chi connectivity index (χ2v) is 4.53. The molecule has 0 radical (unpaired) electrons. The third-order valence-electron chi connectivity index (χ3n) is 2.83. The highest BCUT2D eigenvalue weighted by atomic mass is 16.5. The fourth-order valence-electron chi connectivity index (χ4n) is 1.71. The number of carbonyl (C=O) groups excluding carboxylic acids is 2. The monoisotopic (exact) mass is 295 g/mol. The molecule has 0 aliphatic heterocycles. The molecular formula is C15H21NO5. The fraction of sp³-hybridized carbons (Fsp3) is 0.467. The van der Waals surface area contributed by atoms with Gasteiger partial charge in [0.25, 0.3) is 0 Å². The average molecular weight is 295 g/mol. The molecule has 0 saturated carbocycles. The van der Waals surface area contributed by atoms with Gasteiger partial charge in [-0.05, 0) is 24.6 Å². The van der Waals surface area contributed by atoms with E-state index in [2.05, 4.69) is 9.47 Å². The predicted molar refractivity (Wildman–Crippen MR) is 77.1 cm³/mol. The molecule has 21 heavy (non-hydrogen) atoms. The van der Waals surface area contributed by atoms with Gasteiger partial charge in [0, 0.05) is 6.54 Å². The van der Waals surface area contributed by atoms with Crippen molar-refractivity contribution >= 4 is 11.9 Å². The molecule has 0 saturated heterocycles. The molecule has 1 rings (SSSR count). The summed E-state index contributed by atoms with van der Waals surface area (Å²) in [5.74, 6) is -0.0602. The third-order valence-corrected chi connectivity index (χ3v) is 2.83. The summed E-state index contributed by atoms with van der Waals surface area (Å²) in [6.45, 7) is 2.79. The molecule has 0 atom stereocenters. The van der Waals surface area contributed by atoms with Crippen LogP contribution in [0, 0.1) is 6.92 Å². The Morgan fingerprint density at radius 1 is 1.10 bits per heavy atom. The number of hydrogen-bond acceptors (Lipinski definition) is 6. The van der Waals surface area contributed by atoms with Crippen molar-refractivity contribution in [3.05, 3.63) is 29.8 Å². The maximum absolute atomic E-state index is 11.3. The minimum atomic E-state index is -0.408. The van der Waals surface area contributed by atoms with E-state index in [-0.39, 0.29) is 13.1 Å². The first-order valence-electron chi connectivity index (χ1n) is 6.60. The van der Waals surface area contributed by atoms with Crippen molar-refractivity contribution in [2.45, 2.75) is 6.92 Å². The van der Waals surface area contributed by atoms with Gasteiger partial charge in [-0.15, -0.1) is 0 Å². The van der Waals surface area contributed by atoms with Crippen LogP contribution < -0.4 is 4.74 Å². The molecule has 0 unspecified atom stereocenters. The number of hydrogen-bond donors (Lipinski definition) is 0. The predicted octanol–water partition coefficient (Wildman–Crippen LogP) is 1.02. The number of rotatable bonds is 8. The summed E-state index contributed by atoms with van der Waals surface area (Å²) < 4.78 is 14.8. The van der Waals surface area contributed by atoms with Crippen LogP contribution in [0.5, 0.6) is 5.75 Å². The van der Waals surface area contributed by atoms with Crippen molar-refractivity contribution in [2.75, 3.05) is 40.5 Å². The van der Waals surface area contributed by atoms with E-state index < -0.39 is 11.9 Å². The maximum Gasteiger partial charge on any atom is 0.319 e. The average Bonchev–Trinajstić information content (AvgIpc) is 2.46. The molecule has 0 heterocycles. The number of esters is 2. The maximum atomic E-state index is 11.3. The first kappa shape index (κ1) is 17.0. The zero-order chi connectivity index (χ0) is 15.7. The normalized spacial score (nSPS) is 10.3. The van der Waals surface area contributed by atoms with E-state index in [9.17, 15) is 9.59 Å². The summed E-state index contributed by atoms with van der Waals surface area (Å²) in [4.78, 5) is 24.2. The third kappa shape index (κ3) is 6.76. The van der Waals surface area contributed by atoms with Gasteiger partial charge in [0.2, 0.25) is 0 Å². The first-order valence-corrected chi connectivity index (χ1v) is 6.60. The van der Waals surface area contributed by atoms with Gasteiger partial charge >= 0.3 is 11.9 Å². The zero-order valence-electron chi connectivity index (χ0n) is 12.6. The summed E-state index contributed by atoms with van der Waals surface area (Å²) in [6.07, 6.45) is 0. The lowest BCUT2D eigenvalue weighted by Crippen LogP contribution is -2.38. The smallest absolute Gasteiger partial charge is 0.319 e. The summed E-state index contributed by atoms with van der Waals surface area (Å²) in [6, 6.07) is 7.67. The Bertz CT molecular complexity index is 457. The summed E-state index contributed by atoms with van der Waals surface area (Å²) in [7, 11) is 2.61. The zero-order valence-corrected chi connectivity index (χ0v) is 12.6. The number of nitrogens with zero attached hydrogens (tertiary/aromatic N) is 1. The van der Waals surface area contributed by atoms with E-state index in [0.29, 0.717) is 13.2 Å². The molecule has 0 aliphatic rings. The molecule has 0 bridgehead atoms. The van der Waals surface area contributed by atoms with Crippen LogP contribution in [0.2, 0.25) is 0 Å². The molecule has 0 aromatic heterocycles. The lowest BCUT2D eigenvalue weighted by Gasteiger charge is -2.19. The standard InChI is InChI=1S/C15H21NO5/c1-12-5-4-6-13(9-12)21-8-7-16(10-14(17)19-2)11-15(18)20-3/h4-6,9H,7-8,10-11H2,1-3H3. The molecule has 0 amide bonds. The van der Waals surface area contributed by atoms with Crippen LogP contribution in [0.4, 0.5) is 0 Å². The Labute approximate surface area is 124 Å². The van der Waals surface area contributed by atoms with Crippen molar-refractivity contribution in [2.24, 2.45) is 0 Å². The van der Waals surface area contributed by atoms with Gasteiger partial charge in [-0.2, -0.15) is 0 Å². The van der Waals surface area contributed by atoms with E-state index in [1.54, 1.807) is 4.90 Å². The van der Waals surface area contributed by atoms with Crippen molar-refractivity contribution in [3.8, 4) is 5.75 Å². The molecule has 0 N–H and O–H groups in total. The first-order chi connectivity index (χ1) is 10.0. The fourth-order valence-corrected chi connectivity index (χ4v) is 1.71. The highest BCUT2D eigenvalue weighted by molar-refractivity contribution is 5.74. The van der Waals surface area contributed by atoms with Gasteiger partial charge < -0.3 is 14.2 Å².